The van der Waals surface area contributed by atoms with E-state index in [2.05, 4.69) is 26.1 Å². The zero-order chi connectivity index (χ0) is 14.7. The minimum atomic E-state index is 0.0798. The Kier molecular flexibility index (Phi) is 5.11. The van der Waals surface area contributed by atoms with Crippen LogP contribution in [0, 0.1) is 25.7 Å². The van der Waals surface area contributed by atoms with Crippen molar-refractivity contribution in [1.82, 2.24) is 15.3 Å². The first-order valence-electron chi connectivity index (χ1n) is 7.58. The highest BCUT2D eigenvalue weighted by Crippen LogP contribution is 2.42. The third-order valence-corrected chi connectivity index (χ3v) is 4.10. The van der Waals surface area contributed by atoms with Gasteiger partial charge in [-0.3, -0.25) is 0 Å². The molecule has 1 saturated carbocycles. The van der Waals surface area contributed by atoms with Gasteiger partial charge in [0.25, 0.3) is 0 Å². The molecule has 0 spiro atoms. The molecule has 1 heterocycles. The van der Waals surface area contributed by atoms with Gasteiger partial charge in [-0.25, -0.2) is 9.97 Å². The summed E-state index contributed by atoms with van der Waals surface area (Å²) in [5.74, 6) is 2.08. The van der Waals surface area contributed by atoms with E-state index in [1.165, 1.54) is 18.4 Å². The minimum absolute atomic E-state index is 0.0798. The molecule has 2 rings (SSSR count). The Labute approximate surface area is 122 Å². The zero-order valence-corrected chi connectivity index (χ0v) is 13.4. The topological polar surface area (TPSA) is 47.0 Å². The summed E-state index contributed by atoms with van der Waals surface area (Å²) >= 11 is 0. The van der Waals surface area contributed by atoms with Crippen LogP contribution in [0.5, 0.6) is 0 Å². The predicted octanol–water partition coefficient (Wildman–Crippen LogP) is 2.59. The lowest BCUT2D eigenvalue weighted by Crippen LogP contribution is -2.20. The largest absolute Gasteiger partial charge is 0.373 e. The van der Waals surface area contributed by atoms with Gasteiger partial charge in [-0.15, -0.1) is 0 Å². The van der Waals surface area contributed by atoms with Crippen molar-refractivity contribution in [2.75, 3.05) is 20.7 Å². The summed E-state index contributed by atoms with van der Waals surface area (Å²) in [5, 5.41) is 3.23. The predicted molar refractivity (Wildman–Crippen MR) is 80.8 cm³/mol. The molecule has 1 aliphatic rings. The molecule has 1 aliphatic carbocycles. The van der Waals surface area contributed by atoms with E-state index in [4.69, 9.17) is 14.7 Å². The van der Waals surface area contributed by atoms with Gasteiger partial charge in [0.2, 0.25) is 0 Å². The Bertz CT molecular complexity index is 434. The van der Waals surface area contributed by atoms with Crippen LogP contribution in [0.3, 0.4) is 0 Å². The third-order valence-electron chi connectivity index (χ3n) is 4.10. The second-order valence-electron chi connectivity index (χ2n) is 6.09. The number of ether oxygens (including phenoxy) is 1. The molecule has 2 unspecified atom stereocenters. The Morgan fingerprint density at radius 3 is 2.30 bits per heavy atom. The van der Waals surface area contributed by atoms with Gasteiger partial charge in [-0.2, -0.15) is 0 Å². The average molecular weight is 277 g/mol. The van der Waals surface area contributed by atoms with Crippen molar-refractivity contribution in [3.05, 3.63) is 22.8 Å². The van der Waals surface area contributed by atoms with Crippen LogP contribution in [-0.4, -0.2) is 30.7 Å². The molecule has 0 bridgehead atoms. The van der Waals surface area contributed by atoms with Gasteiger partial charge in [0, 0.05) is 18.5 Å². The zero-order valence-electron chi connectivity index (χ0n) is 13.4. The van der Waals surface area contributed by atoms with E-state index in [-0.39, 0.29) is 6.10 Å². The highest BCUT2D eigenvalue weighted by Gasteiger charge is 2.34. The summed E-state index contributed by atoms with van der Waals surface area (Å²) in [4.78, 5) is 9.45. The first kappa shape index (κ1) is 15.4. The number of aromatic nitrogens is 2. The van der Waals surface area contributed by atoms with E-state index in [0.717, 1.165) is 30.2 Å². The first-order chi connectivity index (χ1) is 9.56. The van der Waals surface area contributed by atoms with Crippen molar-refractivity contribution in [3.8, 4) is 0 Å². The molecule has 1 aromatic heterocycles. The number of nitrogens with one attached hydrogen (secondary N) is 1. The van der Waals surface area contributed by atoms with Crippen molar-refractivity contribution < 1.29 is 4.74 Å². The normalized spacial score (nSPS) is 18.1. The Balaban J connectivity index is 2.19. The molecule has 4 nitrogen and oxygen atoms in total. The molecule has 0 aliphatic heterocycles. The molecule has 0 amide bonds. The molecule has 0 aromatic carbocycles. The fraction of sp³-hybridized carbons (Fsp3) is 0.750. The van der Waals surface area contributed by atoms with E-state index in [1.807, 2.05) is 7.05 Å². The maximum atomic E-state index is 5.59. The van der Waals surface area contributed by atoms with E-state index in [1.54, 1.807) is 7.11 Å². The van der Waals surface area contributed by atoms with Gasteiger partial charge in [0.1, 0.15) is 6.10 Å². The summed E-state index contributed by atoms with van der Waals surface area (Å²) in [7, 11) is 3.76. The minimum Gasteiger partial charge on any atom is -0.373 e. The molecular formula is C16H27N3O. The van der Waals surface area contributed by atoms with Gasteiger partial charge in [-0.05, 0) is 64.1 Å². The van der Waals surface area contributed by atoms with E-state index in [0.29, 0.717) is 11.8 Å². The number of methoxy groups -OCH3 is 1. The second-order valence-corrected chi connectivity index (χ2v) is 6.09. The highest BCUT2D eigenvalue weighted by molar-refractivity contribution is 5.25. The summed E-state index contributed by atoms with van der Waals surface area (Å²) in [6, 6.07) is 0. The lowest BCUT2D eigenvalue weighted by atomic mass is 9.98. The van der Waals surface area contributed by atoms with Gasteiger partial charge < -0.3 is 10.1 Å². The van der Waals surface area contributed by atoms with Gasteiger partial charge >= 0.3 is 0 Å². The molecule has 2 atom stereocenters. The van der Waals surface area contributed by atoms with Crippen molar-refractivity contribution in [2.24, 2.45) is 11.8 Å². The lowest BCUT2D eigenvalue weighted by Gasteiger charge is -2.18. The average Bonchev–Trinajstić information content (AvgIpc) is 3.20. The number of hydrogen-bond acceptors (Lipinski definition) is 4. The molecule has 112 valence electrons. The summed E-state index contributed by atoms with van der Waals surface area (Å²) in [5.41, 5.74) is 3.51. The van der Waals surface area contributed by atoms with Crippen molar-refractivity contribution in [3.63, 3.8) is 0 Å². The van der Waals surface area contributed by atoms with Crippen LogP contribution in [-0.2, 0) is 11.2 Å². The van der Waals surface area contributed by atoms with E-state index < -0.39 is 0 Å². The Morgan fingerprint density at radius 1 is 1.25 bits per heavy atom. The molecule has 20 heavy (non-hydrogen) atoms. The third kappa shape index (κ3) is 3.55. The smallest absolute Gasteiger partial charge is 0.157 e. The number of nitrogens with zero attached hydrogens (tertiary/aromatic N) is 2. The number of rotatable bonds is 7. The van der Waals surface area contributed by atoms with E-state index >= 15 is 0 Å². The molecule has 4 heteroatoms. The quantitative estimate of drug-likeness (QED) is 0.832. The van der Waals surface area contributed by atoms with Crippen LogP contribution < -0.4 is 5.32 Å². The SMILES string of the molecule is CNCC(C)Cc1c(C)nc(C(OC)C2CC2)nc1C. The maximum Gasteiger partial charge on any atom is 0.157 e. The van der Waals surface area contributed by atoms with Crippen LogP contribution in [0.2, 0.25) is 0 Å². The molecule has 1 aromatic rings. The maximum absolute atomic E-state index is 5.59. The van der Waals surface area contributed by atoms with Gasteiger partial charge in [0.05, 0.1) is 0 Å². The number of aryl methyl sites for hydroxylation is 2. The summed E-state index contributed by atoms with van der Waals surface area (Å²) in [6.45, 7) is 7.47. The van der Waals surface area contributed by atoms with Gasteiger partial charge in [-0.1, -0.05) is 6.92 Å². The van der Waals surface area contributed by atoms with Crippen LogP contribution >= 0.6 is 0 Å². The number of hydrogen-bond donors (Lipinski definition) is 1. The van der Waals surface area contributed by atoms with Gasteiger partial charge in [0.15, 0.2) is 5.82 Å². The summed E-state index contributed by atoms with van der Waals surface area (Å²) < 4.78 is 5.59. The van der Waals surface area contributed by atoms with Crippen LogP contribution in [0.4, 0.5) is 0 Å². The lowest BCUT2D eigenvalue weighted by molar-refractivity contribution is 0.0768. The second kappa shape index (κ2) is 6.64. The molecule has 0 radical (unpaired) electrons. The van der Waals surface area contributed by atoms with Crippen LogP contribution in [0.1, 0.15) is 48.6 Å². The fourth-order valence-corrected chi connectivity index (χ4v) is 2.86. The molecular weight excluding hydrogens is 250 g/mol. The Hall–Kier alpha value is -1.00. The highest BCUT2D eigenvalue weighted by atomic mass is 16.5. The standard InChI is InChI=1S/C16H27N3O/c1-10(9-17-4)8-14-11(2)18-16(19-12(14)3)15(20-5)13-6-7-13/h10,13,15,17H,6-9H2,1-5H3. The van der Waals surface area contributed by atoms with Crippen LogP contribution in [0.15, 0.2) is 0 Å². The van der Waals surface area contributed by atoms with E-state index in [9.17, 15) is 0 Å². The van der Waals surface area contributed by atoms with Crippen molar-refractivity contribution in [2.45, 2.75) is 46.1 Å². The molecule has 1 fully saturated rings. The Morgan fingerprint density at radius 2 is 1.85 bits per heavy atom. The van der Waals surface area contributed by atoms with Crippen molar-refractivity contribution in [1.29, 1.82) is 0 Å². The monoisotopic (exact) mass is 277 g/mol. The molecule has 0 saturated heterocycles. The van der Waals surface area contributed by atoms with Crippen molar-refractivity contribution >= 4 is 0 Å². The molecule has 1 N–H and O–H groups in total. The van der Waals surface area contributed by atoms with Crippen LogP contribution in [0.25, 0.3) is 0 Å². The fourth-order valence-electron chi connectivity index (χ4n) is 2.86. The first-order valence-corrected chi connectivity index (χ1v) is 7.58. The summed E-state index contributed by atoms with van der Waals surface area (Å²) in [6.07, 6.45) is 3.58.